The molecule has 5 nitrogen and oxygen atoms in total. The summed E-state index contributed by atoms with van der Waals surface area (Å²) in [6, 6.07) is 0. The number of rotatable bonds is 3. The van der Waals surface area contributed by atoms with Crippen LogP contribution >= 0.6 is 0 Å². The van der Waals surface area contributed by atoms with Crippen LogP contribution in [0.25, 0.3) is 0 Å². The summed E-state index contributed by atoms with van der Waals surface area (Å²) in [5, 5.41) is 18.2. The second kappa shape index (κ2) is 4.14. The topological polar surface area (TPSA) is 77.8 Å². The van der Waals surface area contributed by atoms with Crippen LogP contribution in [0.4, 0.5) is 0 Å². The molecule has 0 spiro atoms. The summed E-state index contributed by atoms with van der Waals surface area (Å²) >= 11 is 0. The predicted molar refractivity (Wildman–Crippen MR) is 52.3 cm³/mol. The smallest absolute Gasteiger partial charge is 0.211 e. The van der Waals surface area contributed by atoms with Gasteiger partial charge < -0.3 is 10.2 Å². The Morgan fingerprint density at radius 3 is 1.93 bits per heavy atom. The molecule has 1 rings (SSSR count). The molecule has 0 aromatic heterocycles. The number of hydrogen-bond acceptors (Lipinski definition) is 4. The number of aliphatic hydroxyl groups is 2. The minimum absolute atomic E-state index is 0.0822. The first-order chi connectivity index (χ1) is 6.43. The average molecular weight is 223 g/mol. The second-order valence-corrected chi connectivity index (χ2v) is 5.96. The molecule has 0 aromatic rings. The fraction of sp³-hybridized carbons (Fsp3) is 1.00. The van der Waals surface area contributed by atoms with E-state index in [-0.39, 0.29) is 13.2 Å². The lowest BCUT2D eigenvalue weighted by Gasteiger charge is -2.38. The van der Waals surface area contributed by atoms with Crippen molar-refractivity contribution in [3.8, 4) is 0 Å². The van der Waals surface area contributed by atoms with Crippen LogP contribution in [-0.4, -0.2) is 55.5 Å². The predicted octanol–water partition coefficient (Wildman–Crippen LogP) is -0.987. The number of hydrogen-bond donors (Lipinski definition) is 2. The van der Waals surface area contributed by atoms with E-state index in [1.165, 1.54) is 10.6 Å². The van der Waals surface area contributed by atoms with Crippen molar-refractivity contribution in [2.45, 2.75) is 12.8 Å². The van der Waals surface area contributed by atoms with E-state index < -0.39 is 15.4 Å². The van der Waals surface area contributed by atoms with E-state index in [2.05, 4.69) is 0 Å². The fourth-order valence-corrected chi connectivity index (χ4v) is 2.50. The Morgan fingerprint density at radius 2 is 1.64 bits per heavy atom. The maximum Gasteiger partial charge on any atom is 0.211 e. The van der Waals surface area contributed by atoms with E-state index in [4.69, 9.17) is 10.2 Å². The highest BCUT2D eigenvalue weighted by Gasteiger charge is 2.35. The van der Waals surface area contributed by atoms with Crippen LogP contribution in [0.5, 0.6) is 0 Å². The minimum Gasteiger partial charge on any atom is -0.396 e. The van der Waals surface area contributed by atoms with Crippen molar-refractivity contribution in [2.24, 2.45) is 5.41 Å². The summed E-state index contributed by atoms with van der Waals surface area (Å²) in [6.45, 7) is 0.613. The van der Waals surface area contributed by atoms with Gasteiger partial charge in [0.05, 0.1) is 19.5 Å². The summed E-state index contributed by atoms with van der Waals surface area (Å²) in [5.74, 6) is 0. The van der Waals surface area contributed by atoms with Crippen LogP contribution in [0.15, 0.2) is 0 Å². The average Bonchev–Trinajstić information content (AvgIpc) is 2.16. The molecular weight excluding hydrogens is 206 g/mol. The van der Waals surface area contributed by atoms with Gasteiger partial charge in [-0.2, -0.15) is 0 Å². The lowest BCUT2D eigenvalue weighted by Crippen LogP contribution is -2.45. The first-order valence-electron chi connectivity index (χ1n) is 4.60. The normalized spacial score (nSPS) is 23.6. The molecule has 84 valence electrons. The lowest BCUT2D eigenvalue weighted by atomic mass is 9.81. The Balaban J connectivity index is 2.62. The van der Waals surface area contributed by atoms with Crippen molar-refractivity contribution in [3.05, 3.63) is 0 Å². The summed E-state index contributed by atoms with van der Waals surface area (Å²) in [5.41, 5.74) is -0.485. The maximum absolute atomic E-state index is 11.2. The lowest BCUT2D eigenvalue weighted by molar-refractivity contribution is 0.0147. The Labute approximate surface area is 84.4 Å². The van der Waals surface area contributed by atoms with Gasteiger partial charge in [-0.15, -0.1) is 0 Å². The van der Waals surface area contributed by atoms with E-state index in [1.807, 2.05) is 0 Å². The van der Waals surface area contributed by atoms with Crippen LogP contribution in [0.1, 0.15) is 12.8 Å². The van der Waals surface area contributed by atoms with E-state index >= 15 is 0 Å². The third kappa shape index (κ3) is 2.44. The van der Waals surface area contributed by atoms with Gasteiger partial charge in [0, 0.05) is 18.5 Å². The molecule has 0 aliphatic carbocycles. The SMILES string of the molecule is CS(=O)(=O)N1CCC(CO)(CO)CC1. The molecule has 0 aromatic carbocycles. The van der Waals surface area contributed by atoms with Gasteiger partial charge in [0.2, 0.25) is 10.0 Å². The molecule has 14 heavy (non-hydrogen) atoms. The molecule has 0 atom stereocenters. The van der Waals surface area contributed by atoms with Gasteiger partial charge in [-0.3, -0.25) is 0 Å². The number of nitrogens with zero attached hydrogens (tertiary/aromatic N) is 1. The molecule has 1 fully saturated rings. The molecule has 1 heterocycles. The monoisotopic (exact) mass is 223 g/mol. The quantitative estimate of drug-likeness (QED) is 0.644. The summed E-state index contributed by atoms with van der Waals surface area (Å²) in [6.07, 6.45) is 2.22. The largest absolute Gasteiger partial charge is 0.396 e. The van der Waals surface area contributed by atoms with Crippen molar-refractivity contribution >= 4 is 10.0 Å². The van der Waals surface area contributed by atoms with E-state index in [9.17, 15) is 8.42 Å². The zero-order chi connectivity index (χ0) is 10.8. The van der Waals surface area contributed by atoms with Crippen LogP contribution in [-0.2, 0) is 10.0 Å². The summed E-state index contributed by atoms with van der Waals surface area (Å²) in [7, 11) is -3.12. The Morgan fingerprint density at radius 1 is 1.21 bits per heavy atom. The van der Waals surface area contributed by atoms with Crippen molar-refractivity contribution in [1.29, 1.82) is 0 Å². The molecule has 2 N–H and O–H groups in total. The van der Waals surface area contributed by atoms with Crippen LogP contribution < -0.4 is 0 Å². The fourth-order valence-electron chi connectivity index (χ4n) is 1.66. The van der Waals surface area contributed by atoms with Crippen LogP contribution in [0, 0.1) is 5.41 Å². The van der Waals surface area contributed by atoms with Crippen molar-refractivity contribution < 1.29 is 18.6 Å². The van der Waals surface area contributed by atoms with Gasteiger partial charge in [0.15, 0.2) is 0 Å². The molecule has 0 saturated carbocycles. The maximum atomic E-state index is 11.2. The molecule has 0 radical (unpaired) electrons. The van der Waals surface area contributed by atoms with Crippen molar-refractivity contribution in [3.63, 3.8) is 0 Å². The van der Waals surface area contributed by atoms with Gasteiger partial charge >= 0.3 is 0 Å². The standard InChI is InChI=1S/C8H17NO4S/c1-14(12,13)9-4-2-8(6-10,7-11)3-5-9/h10-11H,2-7H2,1H3. The zero-order valence-corrected chi connectivity index (χ0v) is 9.13. The summed E-state index contributed by atoms with van der Waals surface area (Å²) in [4.78, 5) is 0. The molecule has 1 aliphatic rings. The molecule has 0 amide bonds. The van der Waals surface area contributed by atoms with Gasteiger partial charge in [-0.25, -0.2) is 12.7 Å². The molecule has 0 unspecified atom stereocenters. The van der Waals surface area contributed by atoms with Crippen molar-refractivity contribution in [2.75, 3.05) is 32.6 Å². The van der Waals surface area contributed by atoms with Crippen LogP contribution in [0.2, 0.25) is 0 Å². The Hall–Kier alpha value is -0.170. The molecule has 0 bridgehead atoms. The van der Waals surface area contributed by atoms with E-state index in [0.29, 0.717) is 25.9 Å². The molecule has 1 aliphatic heterocycles. The number of aliphatic hydroxyl groups excluding tert-OH is 2. The summed E-state index contributed by atoms with van der Waals surface area (Å²) < 4.78 is 23.7. The highest BCUT2D eigenvalue weighted by molar-refractivity contribution is 7.88. The highest BCUT2D eigenvalue weighted by Crippen LogP contribution is 2.30. The van der Waals surface area contributed by atoms with Gasteiger partial charge in [0.1, 0.15) is 0 Å². The van der Waals surface area contributed by atoms with Gasteiger partial charge in [-0.1, -0.05) is 0 Å². The van der Waals surface area contributed by atoms with E-state index in [0.717, 1.165) is 0 Å². The third-order valence-corrected chi connectivity index (χ3v) is 4.23. The van der Waals surface area contributed by atoms with Gasteiger partial charge in [-0.05, 0) is 12.8 Å². The Kier molecular flexibility index (Phi) is 3.52. The van der Waals surface area contributed by atoms with Gasteiger partial charge in [0.25, 0.3) is 0 Å². The number of piperidine rings is 1. The Bertz CT molecular complexity index is 274. The molecule has 1 saturated heterocycles. The van der Waals surface area contributed by atoms with E-state index in [1.54, 1.807) is 0 Å². The third-order valence-electron chi connectivity index (χ3n) is 2.92. The van der Waals surface area contributed by atoms with Crippen molar-refractivity contribution in [1.82, 2.24) is 4.31 Å². The minimum atomic E-state index is -3.12. The first kappa shape index (κ1) is 11.9. The second-order valence-electron chi connectivity index (χ2n) is 3.98. The molecular formula is C8H17NO4S. The van der Waals surface area contributed by atoms with Crippen LogP contribution in [0.3, 0.4) is 0 Å². The molecule has 6 heteroatoms. The number of sulfonamides is 1. The highest BCUT2D eigenvalue weighted by atomic mass is 32.2. The first-order valence-corrected chi connectivity index (χ1v) is 6.45. The zero-order valence-electron chi connectivity index (χ0n) is 8.31.